The average molecular weight is 446 g/mol. The second kappa shape index (κ2) is 11.8. The van der Waals surface area contributed by atoms with Crippen LogP contribution in [0, 0.1) is 13.8 Å². The van der Waals surface area contributed by atoms with E-state index in [1.807, 2.05) is 75.4 Å². The number of aryl methyl sites for hydroxylation is 2. The van der Waals surface area contributed by atoms with Crippen LogP contribution < -0.4 is 15.4 Å². The van der Waals surface area contributed by atoms with Gasteiger partial charge >= 0.3 is 0 Å². The van der Waals surface area contributed by atoms with Crippen molar-refractivity contribution in [2.24, 2.45) is 0 Å². The molecular formula is C27H31N3O3. The van der Waals surface area contributed by atoms with Crippen molar-refractivity contribution in [3.05, 3.63) is 94.8 Å². The van der Waals surface area contributed by atoms with Crippen LogP contribution in [0.5, 0.6) is 5.75 Å². The number of pyridine rings is 1. The van der Waals surface area contributed by atoms with Crippen LogP contribution in [-0.2, 0) is 17.6 Å². The van der Waals surface area contributed by atoms with Gasteiger partial charge in [-0.05, 0) is 73.9 Å². The first-order chi connectivity index (χ1) is 16.0. The summed E-state index contributed by atoms with van der Waals surface area (Å²) < 4.78 is 5.58. The molecule has 33 heavy (non-hydrogen) atoms. The van der Waals surface area contributed by atoms with Crippen LogP contribution in [0.25, 0.3) is 0 Å². The van der Waals surface area contributed by atoms with Gasteiger partial charge in [-0.25, -0.2) is 0 Å². The molecule has 6 nitrogen and oxygen atoms in total. The lowest BCUT2D eigenvalue weighted by Crippen LogP contribution is -2.48. The highest BCUT2D eigenvalue weighted by Gasteiger charge is 2.22. The molecule has 0 fully saturated rings. The van der Waals surface area contributed by atoms with E-state index in [1.165, 1.54) is 0 Å². The Bertz CT molecular complexity index is 1080. The number of benzene rings is 2. The average Bonchev–Trinajstić information content (AvgIpc) is 2.81. The lowest BCUT2D eigenvalue weighted by atomic mass is 10.0. The Morgan fingerprint density at radius 2 is 1.85 bits per heavy atom. The second-order valence-corrected chi connectivity index (χ2v) is 7.97. The van der Waals surface area contributed by atoms with Crippen LogP contribution in [0.4, 0.5) is 0 Å². The lowest BCUT2D eigenvalue weighted by Gasteiger charge is -2.19. The standard InChI is InChI=1S/C27H31N3O3/c1-4-33-24-10-7-8-21(17-24)18-25(27(32)29-15-13-23-9-5-6-14-28-23)30-26(31)22-12-11-19(2)20(3)16-22/h5-12,14,16-17,25H,4,13,15,18H2,1-3H3,(H,29,32)(H,30,31)/t25-/m1/s1. The maximum Gasteiger partial charge on any atom is 0.251 e. The van der Waals surface area contributed by atoms with Crippen LogP contribution in [-0.4, -0.2) is 36.0 Å². The van der Waals surface area contributed by atoms with Crippen molar-refractivity contribution < 1.29 is 14.3 Å². The molecule has 0 unspecified atom stereocenters. The van der Waals surface area contributed by atoms with E-state index in [-0.39, 0.29) is 11.8 Å². The molecule has 0 spiro atoms. The molecule has 0 aliphatic rings. The monoisotopic (exact) mass is 445 g/mol. The first-order valence-corrected chi connectivity index (χ1v) is 11.2. The second-order valence-electron chi connectivity index (χ2n) is 7.97. The molecule has 2 aromatic carbocycles. The van der Waals surface area contributed by atoms with Crippen molar-refractivity contribution in [2.75, 3.05) is 13.2 Å². The smallest absolute Gasteiger partial charge is 0.251 e. The lowest BCUT2D eigenvalue weighted by molar-refractivity contribution is -0.122. The van der Waals surface area contributed by atoms with Gasteiger partial charge in [0.2, 0.25) is 5.91 Å². The largest absolute Gasteiger partial charge is 0.494 e. The molecule has 0 aliphatic carbocycles. The minimum Gasteiger partial charge on any atom is -0.494 e. The fraction of sp³-hybridized carbons (Fsp3) is 0.296. The van der Waals surface area contributed by atoms with Crippen LogP contribution in [0.1, 0.15) is 39.7 Å². The van der Waals surface area contributed by atoms with Gasteiger partial charge in [-0.3, -0.25) is 14.6 Å². The molecule has 3 rings (SSSR count). The Morgan fingerprint density at radius 3 is 2.58 bits per heavy atom. The predicted molar refractivity (Wildman–Crippen MR) is 129 cm³/mol. The normalized spacial score (nSPS) is 11.5. The SMILES string of the molecule is CCOc1cccc(C[C@@H](NC(=O)c2ccc(C)c(C)c2)C(=O)NCCc2ccccn2)c1. The Morgan fingerprint density at radius 1 is 1.00 bits per heavy atom. The summed E-state index contributed by atoms with van der Waals surface area (Å²) in [7, 11) is 0. The fourth-order valence-electron chi connectivity index (χ4n) is 3.48. The number of nitrogens with one attached hydrogen (secondary N) is 2. The van der Waals surface area contributed by atoms with Gasteiger partial charge in [0.05, 0.1) is 6.61 Å². The van der Waals surface area contributed by atoms with E-state index in [2.05, 4.69) is 15.6 Å². The molecule has 0 aliphatic heterocycles. The third-order valence-corrected chi connectivity index (χ3v) is 5.45. The number of carbonyl (C=O) groups excluding carboxylic acids is 2. The summed E-state index contributed by atoms with van der Waals surface area (Å²) in [5.74, 6) is 0.235. The molecule has 3 aromatic rings. The summed E-state index contributed by atoms with van der Waals surface area (Å²) in [6, 6.07) is 18.1. The van der Waals surface area contributed by atoms with Gasteiger partial charge in [0, 0.05) is 36.8 Å². The number of hydrogen-bond donors (Lipinski definition) is 2. The van der Waals surface area contributed by atoms with Gasteiger partial charge in [0.1, 0.15) is 11.8 Å². The highest BCUT2D eigenvalue weighted by atomic mass is 16.5. The minimum atomic E-state index is -0.722. The minimum absolute atomic E-state index is 0.232. The molecule has 1 aromatic heterocycles. The number of hydrogen-bond acceptors (Lipinski definition) is 4. The predicted octanol–water partition coefficient (Wildman–Crippen LogP) is 3.80. The molecule has 0 radical (unpaired) electrons. The third-order valence-electron chi connectivity index (χ3n) is 5.45. The van der Waals surface area contributed by atoms with Gasteiger partial charge in [-0.15, -0.1) is 0 Å². The van der Waals surface area contributed by atoms with Gasteiger partial charge in [0.15, 0.2) is 0 Å². The molecule has 0 bridgehead atoms. The number of aromatic nitrogens is 1. The molecule has 1 atom stereocenters. The van der Waals surface area contributed by atoms with E-state index in [0.717, 1.165) is 28.1 Å². The maximum absolute atomic E-state index is 13.1. The zero-order valence-electron chi connectivity index (χ0n) is 19.4. The molecular weight excluding hydrogens is 414 g/mol. The van der Waals surface area contributed by atoms with Gasteiger partial charge < -0.3 is 15.4 Å². The van der Waals surface area contributed by atoms with Crippen molar-refractivity contribution >= 4 is 11.8 Å². The summed E-state index contributed by atoms with van der Waals surface area (Å²) in [6.45, 7) is 6.89. The highest BCUT2D eigenvalue weighted by molar-refractivity contribution is 5.97. The van der Waals surface area contributed by atoms with Gasteiger partial charge in [-0.2, -0.15) is 0 Å². The fourth-order valence-corrected chi connectivity index (χ4v) is 3.48. The van der Waals surface area contributed by atoms with Gasteiger partial charge in [-0.1, -0.05) is 24.3 Å². The Kier molecular flexibility index (Phi) is 8.58. The molecule has 6 heteroatoms. The first-order valence-electron chi connectivity index (χ1n) is 11.2. The van der Waals surface area contributed by atoms with Crippen molar-refractivity contribution in [1.29, 1.82) is 0 Å². The van der Waals surface area contributed by atoms with Crippen molar-refractivity contribution in [2.45, 2.75) is 39.7 Å². The summed E-state index contributed by atoms with van der Waals surface area (Å²) in [6.07, 6.45) is 2.70. The van der Waals surface area contributed by atoms with E-state index < -0.39 is 6.04 Å². The zero-order valence-corrected chi connectivity index (χ0v) is 19.4. The van der Waals surface area contributed by atoms with E-state index >= 15 is 0 Å². The van der Waals surface area contributed by atoms with E-state index in [0.29, 0.717) is 31.6 Å². The maximum atomic E-state index is 13.1. The highest BCUT2D eigenvalue weighted by Crippen LogP contribution is 2.16. The number of ether oxygens (including phenoxy) is 1. The molecule has 1 heterocycles. The quantitative estimate of drug-likeness (QED) is 0.498. The summed E-state index contributed by atoms with van der Waals surface area (Å²) >= 11 is 0. The van der Waals surface area contributed by atoms with Crippen molar-refractivity contribution in [3.8, 4) is 5.75 Å². The Balaban J connectivity index is 1.72. The van der Waals surface area contributed by atoms with E-state index in [4.69, 9.17) is 4.74 Å². The van der Waals surface area contributed by atoms with E-state index in [1.54, 1.807) is 12.3 Å². The number of rotatable bonds is 10. The molecule has 2 amide bonds. The Labute approximate surface area is 195 Å². The molecule has 0 saturated heterocycles. The van der Waals surface area contributed by atoms with Gasteiger partial charge in [0.25, 0.3) is 5.91 Å². The topological polar surface area (TPSA) is 80.3 Å². The number of nitrogens with zero attached hydrogens (tertiary/aromatic N) is 1. The zero-order chi connectivity index (χ0) is 23.6. The van der Waals surface area contributed by atoms with Crippen molar-refractivity contribution in [3.63, 3.8) is 0 Å². The molecule has 2 N–H and O–H groups in total. The van der Waals surface area contributed by atoms with Crippen LogP contribution >= 0.6 is 0 Å². The van der Waals surface area contributed by atoms with Crippen LogP contribution in [0.15, 0.2) is 66.9 Å². The summed E-state index contributed by atoms with van der Waals surface area (Å²) in [5.41, 5.74) is 4.49. The first kappa shape index (κ1) is 24.0. The van der Waals surface area contributed by atoms with Crippen LogP contribution in [0.3, 0.4) is 0 Å². The van der Waals surface area contributed by atoms with Crippen molar-refractivity contribution in [1.82, 2.24) is 15.6 Å². The Hall–Kier alpha value is -3.67. The van der Waals surface area contributed by atoms with Crippen LogP contribution in [0.2, 0.25) is 0 Å². The summed E-state index contributed by atoms with van der Waals surface area (Å²) in [5, 5.41) is 5.86. The number of carbonyl (C=O) groups is 2. The van der Waals surface area contributed by atoms with E-state index in [9.17, 15) is 9.59 Å². The summed E-state index contributed by atoms with van der Waals surface area (Å²) in [4.78, 5) is 30.3. The third kappa shape index (κ3) is 7.17. The number of amides is 2. The molecule has 0 saturated carbocycles. The molecule has 172 valence electrons.